The number of hydrogen-bond donors (Lipinski definition) is 1. The molecule has 16 heavy (non-hydrogen) atoms. The van der Waals surface area contributed by atoms with Gasteiger partial charge in [-0.15, -0.1) is 0 Å². The maximum atomic E-state index is 4.70. The molecule has 0 amide bonds. The number of nitrogens with zero attached hydrogens (tertiary/aromatic N) is 2. The van der Waals surface area contributed by atoms with Crippen LogP contribution in [0.4, 0.5) is 0 Å². The molecule has 1 aromatic heterocycles. The van der Waals surface area contributed by atoms with Crippen molar-refractivity contribution in [1.29, 1.82) is 0 Å². The van der Waals surface area contributed by atoms with Gasteiger partial charge < -0.3 is 5.32 Å². The molecule has 0 spiro atoms. The lowest BCUT2D eigenvalue weighted by atomic mass is 10.0. The lowest BCUT2D eigenvalue weighted by molar-refractivity contribution is 0.580. The molecule has 0 fully saturated rings. The van der Waals surface area contributed by atoms with Crippen LogP contribution in [0.1, 0.15) is 57.6 Å². The van der Waals surface area contributed by atoms with Crippen molar-refractivity contribution >= 4 is 0 Å². The van der Waals surface area contributed by atoms with Crippen molar-refractivity contribution in [2.24, 2.45) is 0 Å². The van der Waals surface area contributed by atoms with E-state index in [1.807, 2.05) is 0 Å². The van der Waals surface area contributed by atoms with Crippen LogP contribution in [0.2, 0.25) is 0 Å². The minimum atomic E-state index is 0.412. The average molecular weight is 223 g/mol. The molecule has 3 heteroatoms. The van der Waals surface area contributed by atoms with Gasteiger partial charge in [0.05, 0.1) is 5.69 Å². The highest BCUT2D eigenvalue weighted by Crippen LogP contribution is 2.23. The van der Waals surface area contributed by atoms with Gasteiger partial charge in [-0.1, -0.05) is 20.8 Å². The van der Waals surface area contributed by atoms with Gasteiger partial charge in [0.2, 0.25) is 0 Å². The Morgan fingerprint density at radius 1 is 1.19 bits per heavy atom. The van der Waals surface area contributed by atoms with Gasteiger partial charge in [-0.2, -0.15) is 5.10 Å². The van der Waals surface area contributed by atoms with Crippen molar-refractivity contribution < 1.29 is 0 Å². The summed E-state index contributed by atoms with van der Waals surface area (Å²) in [5.74, 6) is 0. The molecule has 92 valence electrons. The van der Waals surface area contributed by atoms with Crippen molar-refractivity contribution in [2.75, 3.05) is 6.54 Å². The van der Waals surface area contributed by atoms with Gasteiger partial charge in [0, 0.05) is 23.8 Å². The molecule has 0 aliphatic rings. The lowest BCUT2D eigenvalue weighted by Gasteiger charge is -2.14. The van der Waals surface area contributed by atoms with Crippen LogP contribution in [-0.2, 0) is 19.4 Å². The van der Waals surface area contributed by atoms with Gasteiger partial charge in [0.15, 0.2) is 0 Å². The Labute approximate surface area is 99.2 Å². The molecule has 0 aromatic carbocycles. The molecule has 0 saturated heterocycles. The maximum absolute atomic E-state index is 4.70. The maximum Gasteiger partial charge on any atom is 0.0672 e. The fourth-order valence-electron chi connectivity index (χ4n) is 2.37. The van der Waals surface area contributed by atoms with E-state index in [0.29, 0.717) is 6.04 Å². The number of aryl methyl sites for hydroxylation is 2. The third kappa shape index (κ3) is 2.46. The molecule has 1 unspecified atom stereocenters. The highest BCUT2D eigenvalue weighted by Gasteiger charge is 2.19. The van der Waals surface area contributed by atoms with E-state index in [2.05, 4.69) is 44.6 Å². The second kappa shape index (κ2) is 6.04. The Morgan fingerprint density at radius 3 is 2.31 bits per heavy atom. The largest absolute Gasteiger partial charge is 0.310 e. The average Bonchev–Trinajstić information content (AvgIpc) is 2.66. The van der Waals surface area contributed by atoms with Crippen molar-refractivity contribution in [2.45, 2.75) is 60.0 Å². The zero-order valence-corrected chi connectivity index (χ0v) is 11.3. The van der Waals surface area contributed by atoms with Crippen LogP contribution in [0.3, 0.4) is 0 Å². The van der Waals surface area contributed by atoms with Gasteiger partial charge in [-0.25, -0.2) is 0 Å². The third-order valence-electron chi connectivity index (χ3n) is 3.09. The van der Waals surface area contributed by atoms with Gasteiger partial charge in [-0.05, 0) is 33.2 Å². The standard InChI is InChI=1S/C13H25N3/c1-6-11-13(10(5)14-8-3)12(7-2)16(9-4)15-11/h10,14H,6-9H2,1-5H3. The normalized spacial score (nSPS) is 13.1. The van der Waals surface area contributed by atoms with E-state index in [1.54, 1.807) is 0 Å². The minimum absolute atomic E-state index is 0.412. The summed E-state index contributed by atoms with van der Waals surface area (Å²) < 4.78 is 2.15. The van der Waals surface area contributed by atoms with Gasteiger partial charge in [-0.3, -0.25) is 4.68 Å². The molecule has 1 aromatic rings. The van der Waals surface area contributed by atoms with Crippen LogP contribution in [0.5, 0.6) is 0 Å². The summed E-state index contributed by atoms with van der Waals surface area (Å²) in [7, 11) is 0. The van der Waals surface area contributed by atoms with Crippen LogP contribution in [0.25, 0.3) is 0 Å². The molecule has 1 N–H and O–H groups in total. The summed E-state index contributed by atoms with van der Waals surface area (Å²) in [4.78, 5) is 0. The summed E-state index contributed by atoms with van der Waals surface area (Å²) in [5, 5.41) is 8.19. The molecule has 0 radical (unpaired) electrons. The molecule has 1 atom stereocenters. The van der Waals surface area contributed by atoms with E-state index in [1.165, 1.54) is 17.0 Å². The highest BCUT2D eigenvalue weighted by molar-refractivity contribution is 5.30. The zero-order chi connectivity index (χ0) is 12.1. The second-order valence-electron chi connectivity index (χ2n) is 4.11. The molecule has 0 saturated carbocycles. The van der Waals surface area contributed by atoms with Crippen molar-refractivity contribution in [3.05, 3.63) is 17.0 Å². The van der Waals surface area contributed by atoms with E-state index in [9.17, 15) is 0 Å². The third-order valence-corrected chi connectivity index (χ3v) is 3.09. The number of nitrogens with one attached hydrogen (secondary N) is 1. The Bertz CT molecular complexity index is 328. The monoisotopic (exact) mass is 223 g/mol. The van der Waals surface area contributed by atoms with E-state index in [-0.39, 0.29) is 0 Å². The molecular weight excluding hydrogens is 198 g/mol. The van der Waals surface area contributed by atoms with Crippen LogP contribution < -0.4 is 5.32 Å². The lowest BCUT2D eigenvalue weighted by Crippen LogP contribution is -2.20. The number of rotatable bonds is 6. The number of aromatic nitrogens is 2. The van der Waals surface area contributed by atoms with Crippen molar-refractivity contribution in [1.82, 2.24) is 15.1 Å². The fraction of sp³-hybridized carbons (Fsp3) is 0.769. The van der Waals surface area contributed by atoms with Crippen molar-refractivity contribution in [3.63, 3.8) is 0 Å². The smallest absolute Gasteiger partial charge is 0.0672 e. The molecule has 1 rings (SSSR count). The van der Waals surface area contributed by atoms with Crippen LogP contribution in [0, 0.1) is 0 Å². The van der Waals surface area contributed by atoms with Gasteiger partial charge in [0.1, 0.15) is 0 Å². The molecule has 0 aliphatic carbocycles. The molecule has 0 aliphatic heterocycles. The first-order chi connectivity index (χ1) is 7.69. The van der Waals surface area contributed by atoms with Crippen LogP contribution in [0.15, 0.2) is 0 Å². The van der Waals surface area contributed by atoms with Crippen LogP contribution in [-0.4, -0.2) is 16.3 Å². The van der Waals surface area contributed by atoms with Crippen molar-refractivity contribution in [3.8, 4) is 0 Å². The summed E-state index contributed by atoms with van der Waals surface area (Å²) in [5.41, 5.74) is 4.08. The van der Waals surface area contributed by atoms with E-state index >= 15 is 0 Å². The Morgan fingerprint density at radius 2 is 1.88 bits per heavy atom. The quantitative estimate of drug-likeness (QED) is 0.803. The number of hydrogen-bond acceptors (Lipinski definition) is 2. The summed E-state index contributed by atoms with van der Waals surface area (Å²) in [6, 6.07) is 0.412. The summed E-state index contributed by atoms with van der Waals surface area (Å²) in [6.45, 7) is 12.9. The van der Waals surface area contributed by atoms with Gasteiger partial charge >= 0.3 is 0 Å². The van der Waals surface area contributed by atoms with E-state index in [0.717, 1.165) is 25.9 Å². The van der Waals surface area contributed by atoms with E-state index < -0.39 is 0 Å². The molecule has 3 nitrogen and oxygen atoms in total. The Balaban J connectivity index is 3.16. The van der Waals surface area contributed by atoms with Crippen LogP contribution >= 0.6 is 0 Å². The second-order valence-corrected chi connectivity index (χ2v) is 4.11. The topological polar surface area (TPSA) is 29.9 Å². The molecule has 0 bridgehead atoms. The van der Waals surface area contributed by atoms with E-state index in [4.69, 9.17) is 5.10 Å². The first-order valence-corrected chi connectivity index (χ1v) is 6.51. The highest BCUT2D eigenvalue weighted by atomic mass is 15.3. The fourth-order valence-corrected chi connectivity index (χ4v) is 2.37. The SMILES string of the molecule is CCNC(C)c1c(CC)nn(CC)c1CC. The predicted molar refractivity (Wildman–Crippen MR) is 68.7 cm³/mol. The first-order valence-electron chi connectivity index (χ1n) is 6.51. The first kappa shape index (κ1) is 13.2. The molecular formula is C13H25N3. The minimum Gasteiger partial charge on any atom is -0.310 e. The summed E-state index contributed by atoms with van der Waals surface area (Å²) in [6.07, 6.45) is 2.08. The molecule has 1 heterocycles. The Kier molecular flexibility index (Phi) is 5.00. The Hall–Kier alpha value is -0.830. The van der Waals surface area contributed by atoms with Gasteiger partial charge in [0.25, 0.3) is 0 Å². The predicted octanol–water partition coefficient (Wildman–Crippen LogP) is 2.70. The summed E-state index contributed by atoms with van der Waals surface area (Å²) >= 11 is 0. The zero-order valence-electron chi connectivity index (χ0n) is 11.3.